The molecule has 63 heavy (non-hydrogen) atoms. The lowest BCUT2D eigenvalue weighted by molar-refractivity contribution is -0.137. The lowest BCUT2D eigenvalue weighted by atomic mass is 9.87. The highest BCUT2D eigenvalue weighted by atomic mass is 32.2. The third kappa shape index (κ3) is 19.5. The second kappa shape index (κ2) is 26.0. The number of unbranched alkanes of at least 4 members (excludes halogenated alkanes) is 10. The first kappa shape index (κ1) is 54.9. The number of aliphatic hydroxyl groups is 2. The molecule has 1 aliphatic heterocycles. The van der Waals surface area contributed by atoms with Gasteiger partial charge in [-0.15, -0.1) is 0 Å². The molecule has 10 N–H and O–H groups in total. The number of aliphatic hydroxyl groups excluding tert-OH is 2. The zero-order valence-electron chi connectivity index (χ0n) is 35.6. The second-order valence-electron chi connectivity index (χ2n) is 15.6. The van der Waals surface area contributed by atoms with E-state index in [2.05, 4.69) is 41.3 Å². The number of rotatable bonds is 31. The van der Waals surface area contributed by atoms with Crippen molar-refractivity contribution in [3.63, 3.8) is 0 Å². The number of phosphoric acid groups is 3. The van der Waals surface area contributed by atoms with Crippen LogP contribution in [0.1, 0.15) is 110 Å². The van der Waals surface area contributed by atoms with E-state index in [4.69, 9.17) is 19.5 Å². The summed E-state index contributed by atoms with van der Waals surface area (Å²) in [6, 6.07) is 0. The Bertz CT molecular complexity index is 1920. The van der Waals surface area contributed by atoms with E-state index in [9.17, 15) is 57.9 Å². The van der Waals surface area contributed by atoms with Gasteiger partial charge in [-0.05, 0) is 6.42 Å². The Morgan fingerprint density at radius 2 is 1.52 bits per heavy atom. The Balaban J connectivity index is 1.35. The maximum Gasteiger partial charge on any atom is 0.481 e. The molecule has 0 aromatic carbocycles. The molecule has 0 radical (unpaired) electrons. The molecule has 0 saturated carbocycles. The van der Waals surface area contributed by atoms with Crippen LogP contribution in [0, 0.1) is 5.41 Å². The minimum absolute atomic E-state index is 0.0335. The zero-order valence-corrected chi connectivity index (χ0v) is 39.1. The number of carbonyl (C=O) groups excluding carboxylic acids is 3. The maximum absolute atomic E-state index is 12.7. The first-order valence-corrected chi connectivity index (χ1v) is 26.1. The average Bonchev–Trinajstić information content (AvgIpc) is 3.76. The van der Waals surface area contributed by atoms with Gasteiger partial charge < -0.3 is 50.9 Å². The quantitative estimate of drug-likeness (QED) is 0.0386. The van der Waals surface area contributed by atoms with Crippen molar-refractivity contribution in [2.75, 3.05) is 37.8 Å². The average molecular weight is 978 g/mol. The molecule has 1 saturated heterocycles. The van der Waals surface area contributed by atoms with E-state index >= 15 is 0 Å². The number of nitrogens with two attached hydrogens (primary N) is 1. The summed E-state index contributed by atoms with van der Waals surface area (Å²) >= 11 is 1.15. The van der Waals surface area contributed by atoms with Crippen LogP contribution in [-0.2, 0) is 50.7 Å². The summed E-state index contributed by atoms with van der Waals surface area (Å²) in [5.41, 5.74) is 4.29. The Labute approximate surface area is 369 Å². The van der Waals surface area contributed by atoms with Gasteiger partial charge in [-0.3, -0.25) is 32.5 Å². The van der Waals surface area contributed by atoms with Crippen LogP contribution in [0.2, 0.25) is 0 Å². The van der Waals surface area contributed by atoms with Crippen LogP contribution in [-0.4, -0.2) is 123 Å². The highest BCUT2D eigenvalue weighted by Gasteiger charge is 2.50. The number of nitrogens with zero attached hydrogens (tertiary/aromatic N) is 4. The minimum Gasteiger partial charge on any atom is -0.386 e. The van der Waals surface area contributed by atoms with Crippen molar-refractivity contribution in [3.8, 4) is 0 Å². The molecule has 7 unspecified atom stereocenters. The molecule has 28 heteroatoms. The smallest absolute Gasteiger partial charge is 0.386 e. The highest BCUT2D eigenvalue weighted by molar-refractivity contribution is 8.13. The summed E-state index contributed by atoms with van der Waals surface area (Å²) in [5, 5.41) is 26.6. The number of anilines is 1. The number of aromatic nitrogens is 4. The molecule has 3 heterocycles. The van der Waals surface area contributed by atoms with E-state index < -0.39 is 84.6 Å². The van der Waals surface area contributed by atoms with Gasteiger partial charge in [0.05, 0.1) is 19.5 Å². The van der Waals surface area contributed by atoms with Crippen LogP contribution in [0.5, 0.6) is 0 Å². The van der Waals surface area contributed by atoms with E-state index in [0.717, 1.165) is 48.2 Å². The van der Waals surface area contributed by atoms with Gasteiger partial charge in [0, 0.05) is 37.1 Å². The van der Waals surface area contributed by atoms with E-state index in [1.807, 2.05) is 0 Å². The number of nitrogens with one attached hydrogen (secondary N) is 2. The van der Waals surface area contributed by atoms with Crippen molar-refractivity contribution in [3.05, 3.63) is 12.7 Å². The zero-order chi connectivity index (χ0) is 46.8. The number of phosphoric ester groups is 3. The van der Waals surface area contributed by atoms with Gasteiger partial charge in [-0.25, -0.2) is 28.6 Å². The summed E-state index contributed by atoms with van der Waals surface area (Å²) < 4.78 is 62.3. The van der Waals surface area contributed by atoms with Crippen molar-refractivity contribution in [1.82, 2.24) is 30.2 Å². The van der Waals surface area contributed by atoms with Gasteiger partial charge >= 0.3 is 23.5 Å². The van der Waals surface area contributed by atoms with E-state index in [1.54, 1.807) is 0 Å². The van der Waals surface area contributed by atoms with Gasteiger partial charge in [-0.2, -0.15) is 4.31 Å². The number of thioether (sulfide) groups is 1. The number of carbonyl (C=O) groups is 3. The van der Waals surface area contributed by atoms with Crippen LogP contribution in [0.25, 0.3) is 11.2 Å². The molecular weight excluding hydrogens is 915 g/mol. The fraction of sp³-hybridized carbons (Fsp3) is 0.771. The Morgan fingerprint density at radius 1 is 0.905 bits per heavy atom. The highest BCUT2D eigenvalue weighted by Crippen LogP contribution is 2.61. The van der Waals surface area contributed by atoms with Crippen molar-refractivity contribution in [1.29, 1.82) is 0 Å². The minimum atomic E-state index is -5.57. The third-order valence-corrected chi connectivity index (χ3v) is 13.8. The predicted octanol–water partition coefficient (Wildman–Crippen LogP) is 3.37. The molecule has 0 aliphatic carbocycles. The molecule has 2 aromatic heterocycles. The van der Waals surface area contributed by atoms with Crippen LogP contribution in [0.15, 0.2) is 12.7 Å². The summed E-state index contributed by atoms with van der Waals surface area (Å²) in [5.74, 6) is -1.02. The summed E-state index contributed by atoms with van der Waals surface area (Å²) in [6.45, 7) is 2.79. The monoisotopic (exact) mass is 977 g/mol. The first-order chi connectivity index (χ1) is 29.6. The maximum atomic E-state index is 12.7. The van der Waals surface area contributed by atoms with Gasteiger partial charge in [0.15, 0.2) is 22.8 Å². The Kier molecular flexibility index (Phi) is 22.7. The fourth-order valence-corrected chi connectivity index (χ4v) is 9.85. The predicted molar refractivity (Wildman–Crippen MR) is 228 cm³/mol. The number of nitrogen functional groups attached to an aromatic ring is 1. The van der Waals surface area contributed by atoms with Crippen LogP contribution in [0.3, 0.4) is 0 Å². The van der Waals surface area contributed by atoms with E-state index in [1.165, 1.54) is 65.2 Å². The molecule has 1 aliphatic rings. The van der Waals surface area contributed by atoms with Crippen LogP contribution < -0.4 is 16.4 Å². The lowest BCUT2D eigenvalue weighted by Gasteiger charge is -2.30. The molecule has 7 atom stereocenters. The van der Waals surface area contributed by atoms with Crippen LogP contribution >= 0.6 is 35.2 Å². The first-order valence-electron chi connectivity index (χ1n) is 20.6. The number of imidazole rings is 1. The molecule has 0 spiro atoms. The standard InChI is InChI=1S/C35H62N7O17P3S/c1-4-5-6-7-8-9-10-11-12-13-14-15-26(44)63-19-18-37-25(43)16-17-38-33(47)30(46)35(2,3)21-56-62(53,54)59-61(51,52)55-20-24-29(58-60(48,49)50)28(45)34(57-24)42-23-41-27-31(36)39-22-40-32(27)42/h22-24,28-30,34,45-46H,4-21H2,1-3H3,(H,37,43)(H,38,47)(H,51,52)(H,53,54)(H2,36,39,40)(H2,48,49,50). The molecule has 1 fully saturated rings. The van der Waals surface area contributed by atoms with Gasteiger partial charge in [0.2, 0.25) is 11.8 Å². The molecule has 24 nitrogen and oxygen atoms in total. The number of ether oxygens (including phenoxy) is 1. The van der Waals surface area contributed by atoms with Crippen molar-refractivity contribution in [2.45, 2.75) is 135 Å². The lowest BCUT2D eigenvalue weighted by Crippen LogP contribution is -2.46. The summed E-state index contributed by atoms with van der Waals surface area (Å²) in [7, 11) is -16.4. The normalized spacial score (nSPS) is 20.6. The summed E-state index contributed by atoms with van der Waals surface area (Å²) in [6.07, 6.45) is 6.75. The number of amides is 2. The Hall–Kier alpha value is -2.44. The van der Waals surface area contributed by atoms with Crippen LogP contribution in [0.4, 0.5) is 5.82 Å². The topological polar surface area (TPSA) is 364 Å². The largest absolute Gasteiger partial charge is 0.481 e. The number of hydrogen-bond acceptors (Lipinski definition) is 18. The molecular formula is C35H62N7O17P3S. The van der Waals surface area contributed by atoms with E-state index in [0.29, 0.717) is 12.2 Å². The van der Waals surface area contributed by atoms with Gasteiger partial charge in [0.1, 0.15) is 36.3 Å². The van der Waals surface area contributed by atoms with Crippen molar-refractivity contribution < 1.29 is 80.5 Å². The molecule has 2 amide bonds. The fourth-order valence-electron chi connectivity index (χ4n) is 6.30. The van der Waals surface area contributed by atoms with E-state index in [-0.39, 0.29) is 41.6 Å². The van der Waals surface area contributed by atoms with Gasteiger partial charge in [0.25, 0.3) is 0 Å². The SMILES string of the molecule is CCCCCCCCCCCCCC(=O)SCCNC(=O)CCNC(=O)C(O)C(C)(C)COP(=O)(O)OP(=O)(O)OCC1OC(n2cnc3c(N)ncnc32)C(O)C1OP(=O)(O)O. The third-order valence-electron chi connectivity index (χ3n) is 9.75. The van der Waals surface area contributed by atoms with Crippen molar-refractivity contribution >= 4 is 69.1 Å². The molecule has 3 rings (SSSR count). The van der Waals surface area contributed by atoms with Gasteiger partial charge in [-0.1, -0.05) is 96.7 Å². The second-order valence-corrected chi connectivity index (χ2v) is 21.0. The molecule has 2 aromatic rings. The number of fused-ring (bicyclic) bond motifs is 1. The molecule has 0 bridgehead atoms. The number of hydrogen-bond donors (Lipinski definition) is 9. The molecule has 360 valence electrons. The Morgan fingerprint density at radius 3 is 2.16 bits per heavy atom. The summed E-state index contributed by atoms with van der Waals surface area (Å²) in [4.78, 5) is 88.2. The van der Waals surface area contributed by atoms with Crippen molar-refractivity contribution in [2.24, 2.45) is 5.41 Å².